The highest BCUT2D eigenvalue weighted by Crippen LogP contribution is 2.34. The highest BCUT2D eigenvalue weighted by Gasteiger charge is 2.17. The van der Waals surface area contributed by atoms with Crippen molar-refractivity contribution in [3.05, 3.63) is 35.4 Å². The van der Waals surface area contributed by atoms with Gasteiger partial charge < -0.3 is 9.88 Å². The number of benzene rings is 1. The average molecular weight is 308 g/mol. The van der Waals surface area contributed by atoms with Gasteiger partial charge in [0.25, 0.3) is 0 Å². The molecule has 0 spiro atoms. The number of hydrogen-bond acceptors (Lipinski definition) is 4. The predicted octanol–water partition coefficient (Wildman–Crippen LogP) is 3.47. The molecule has 0 amide bonds. The molecule has 114 valence electrons. The summed E-state index contributed by atoms with van der Waals surface area (Å²) in [6.07, 6.45) is 1.05. The minimum Gasteiger partial charge on any atom is -0.310 e. The summed E-state index contributed by atoms with van der Waals surface area (Å²) >= 11 is 1.32. The Morgan fingerprint density at radius 2 is 2.14 bits per heavy atom. The van der Waals surface area contributed by atoms with E-state index in [1.54, 1.807) is 6.07 Å². The Labute approximate surface area is 129 Å². The molecule has 0 aliphatic heterocycles. The Bertz CT molecular complexity index is 612. The van der Waals surface area contributed by atoms with Gasteiger partial charge in [0.2, 0.25) is 0 Å². The third-order valence-electron chi connectivity index (χ3n) is 3.41. The summed E-state index contributed by atoms with van der Waals surface area (Å²) < 4.78 is 16.1. The predicted molar refractivity (Wildman–Crippen MR) is 83.0 cm³/mol. The van der Waals surface area contributed by atoms with Crippen LogP contribution < -0.4 is 5.32 Å². The third-order valence-corrected chi connectivity index (χ3v) is 4.58. The normalized spacial score (nSPS) is 12.6. The summed E-state index contributed by atoms with van der Waals surface area (Å²) in [6, 6.07) is 5.29. The Morgan fingerprint density at radius 3 is 2.76 bits per heavy atom. The maximum atomic E-state index is 14.3. The van der Waals surface area contributed by atoms with Crippen LogP contribution in [0.2, 0.25) is 0 Å². The van der Waals surface area contributed by atoms with Gasteiger partial charge in [-0.1, -0.05) is 19.1 Å². The lowest BCUT2D eigenvalue weighted by Gasteiger charge is -2.17. The first kappa shape index (κ1) is 16.0. The summed E-state index contributed by atoms with van der Waals surface area (Å²) in [5.74, 6) is 0.593. The molecule has 0 saturated heterocycles. The van der Waals surface area contributed by atoms with Gasteiger partial charge in [-0.15, -0.1) is 10.2 Å². The molecule has 6 heteroatoms. The summed E-state index contributed by atoms with van der Waals surface area (Å²) in [5.41, 5.74) is 0.953. The smallest absolute Gasteiger partial charge is 0.195 e. The number of nitrogens with zero attached hydrogens (tertiary/aromatic N) is 3. The molecule has 1 N–H and O–H groups in total. The van der Waals surface area contributed by atoms with Gasteiger partial charge in [-0.25, -0.2) is 4.39 Å². The highest BCUT2D eigenvalue weighted by atomic mass is 32.2. The Hall–Kier alpha value is -1.40. The van der Waals surface area contributed by atoms with Crippen molar-refractivity contribution < 1.29 is 4.39 Å². The lowest BCUT2D eigenvalue weighted by Crippen LogP contribution is -2.20. The molecule has 1 heterocycles. The van der Waals surface area contributed by atoms with E-state index in [0.29, 0.717) is 10.1 Å². The summed E-state index contributed by atoms with van der Waals surface area (Å²) in [6.45, 7) is 6.95. The molecular formula is C15H21FN4S. The van der Waals surface area contributed by atoms with E-state index in [4.69, 9.17) is 0 Å². The molecule has 0 bridgehead atoms. The standard InChI is InChI=1S/C15H21FN4S/c1-5-9-17-10(2)12-7-6-8-13(16)14(12)21-15-19-18-11(3)20(15)4/h6-8,10,17H,5,9H2,1-4H3. The van der Waals surface area contributed by atoms with Crippen molar-refractivity contribution in [3.8, 4) is 0 Å². The second-order valence-electron chi connectivity index (χ2n) is 5.02. The van der Waals surface area contributed by atoms with E-state index in [1.807, 2.05) is 24.6 Å². The van der Waals surface area contributed by atoms with Gasteiger partial charge in [0.05, 0.1) is 4.90 Å². The zero-order valence-corrected chi connectivity index (χ0v) is 13.7. The van der Waals surface area contributed by atoms with Crippen molar-refractivity contribution in [1.29, 1.82) is 0 Å². The lowest BCUT2D eigenvalue weighted by molar-refractivity contribution is 0.543. The van der Waals surface area contributed by atoms with E-state index in [1.165, 1.54) is 17.8 Å². The average Bonchev–Trinajstić information content (AvgIpc) is 2.78. The Kier molecular flexibility index (Phi) is 5.36. The third kappa shape index (κ3) is 3.63. The molecule has 4 nitrogen and oxygen atoms in total. The molecule has 1 aromatic heterocycles. The quantitative estimate of drug-likeness (QED) is 0.887. The van der Waals surface area contributed by atoms with Crippen LogP contribution in [0.15, 0.2) is 28.3 Å². The second kappa shape index (κ2) is 7.04. The minimum atomic E-state index is -0.219. The Morgan fingerprint density at radius 1 is 1.38 bits per heavy atom. The fraction of sp³-hybridized carbons (Fsp3) is 0.467. The monoisotopic (exact) mass is 308 g/mol. The maximum absolute atomic E-state index is 14.3. The number of halogens is 1. The molecule has 2 rings (SSSR count). The number of aromatic nitrogens is 3. The van der Waals surface area contributed by atoms with Crippen LogP contribution in [0.4, 0.5) is 4.39 Å². The second-order valence-corrected chi connectivity index (χ2v) is 6.00. The molecule has 0 aliphatic carbocycles. The van der Waals surface area contributed by atoms with Crippen molar-refractivity contribution in [2.24, 2.45) is 7.05 Å². The zero-order valence-electron chi connectivity index (χ0n) is 12.9. The molecule has 0 radical (unpaired) electrons. The van der Waals surface area contributed by atoms with E-state index < -0.39 is 0 Å². The maximum Gasteiger partial charge on any atom is 0.195 e. The van der Waals surface area contributed by atoms with Crippen molar-refractivity contribution in [3.63, 3.8) is 0 Å². The molecule has 2 aromatic rings. The summed E-state index contributed by atoms with van der Waals surface area (Å²) in [5, 5.41) is 12.2. The fourth-order valence-electron chi connectivity index (χ4n) is 2.01. The molecule has 21 heavy (non-hydrogen) atoms. The molecule has 0 saturated carbocycles. The number of rotatable bonds is 6. The Balaban J connectivity index is 2.31. The molecule has 0 fully saturated rings. The van der Waals surface area contributed by atoms with Crippen molar-refractivity contribution in [2.45, 2.75) is 43.3 Å². The van der Waals surface area contributed by atoms with E-state index in [2.05, 4.69) is 29.4 Å². The van der Waals surface area contributed by atoms with Crippen LogP contribution in [0.3, 0.4) is 0 Å². The minimum absolute atomic E-state index is 0.0949. The van der Waals surface area contributed by atoms with Gasteiger partial charge in [0.15, 0.2) is 5.16 Å². The van der Waals surface area contributed by atoms with E-state index in [0.717, 1.165) is 24.4 Å². The molecule has 0 aliphatic rings. The van der Waals surface area contributed by atoms with Gasteiger partial charge in [-0.2, -0.15) is 0 Å². The van der Waals surface area contributed by atoms with E-state index in [9.17, 15) is 4.39 Å². The summed E-state index contributed by atoms with van der Waals surface area (Å²) in [4.78, 5) is 0.615. The van der Waals surface area contributed by atoms with Crippen LogP contribution in [-0.4, -0.2) is 21.3 Å². The molecule has 1 aromatic carbocycles. The van der Waals surface area contributed by atoms with E-state index >= 15 is 0 Å². The van der Waals surface area contributed by atoms with Crippen LogP contribution >= 0.6 is 11.8 Å². The first-order valence-electron chi connectivity index (χ1n) is 7.10. The van der Waals surface area contributed by atoms with E-state index in [-0.39, 0.29) is 11.9 Å². The van der Waals surface area contributed by atoms with Gasteiger partial charge in [0, 0.05) is 13.1 Å². The fourth-order valence-corrected chi connectivity index (χ4v) is 3.07. The topological polar surface area (TPSA) is 42.7 Å². The van der Waals surface area contributed by atoms with Gasteiger partial charge in [0.1, 0.15) is 11.6 Å². The van der Waals surface area contributed by atoms with Gasteiger partial charge in [-0.3, -0.25) is 0 Å². The van der Waals surface area contributed by atoms with Crippen LogP contribution in [0.1, 0.15) is 37.7 Å². The van der Waals surface area contributed by atoms with Crippen LogP contribution in [-0.2, 0) is 7.05 Å². The van der Waals surface area contributed by atoms with Crippen LogP contribution in [0, 0.1) is 12.7 Å². The first-order valence-corrected chi connectivity index (χ1v) is 7.91. The molecule has 1 unspecified atom stereocenters. The number of hydrogen-bond donors (Lipinski definition) is 1. The highest BCUT2D eigenvalue weighted by molar-refractivity contribution is 7.99. The number of aryl methyl sites for hydroxylation is 1. The van der Waals surface area contributed by atoms with Crippen molar-refractivity contribution >= 4 is 11.8 Å². The van der Waals surface area contributed by atoms with Crippen LogP contribution in [0.5, 0.6) is 0 Å². The van der Waals surface area contributed by atoms with Gasteiger partial charge in [-0.05, 0) is 50.2 Å². The van der Waals surface area contributed by atoms with Gasteiger partial charge >= 0.3 is 0 Å². The lowest BCUT2D eigenvalue weighted by atomic mass is 10.1. The first-order chi connectivity index (χ1) is 10.0. The molecular weight excluding hydrogens is 287 g/mol. The van der Waals surface area contributed by atoms with Crippen molar-refractivity contribution in [2.75, 3.05) is 6.54 Å². The largest absolute Gasteiger partial charge is 0.310 e. The van der Waals surface area contributed by atoms with Crippen molar-refractivity contribution in [1.82, 2.24) is 20.1 Å². The number of nitrogens with one attached hydrogen (secondary N) is 1. The summed E-state index contributed by atoms with van der Waals surface area (Å²) in [7, 11) is 1.89. The SMILES string of the molecule is CCCNC(C)c1cccc(F)c1Sc1nnc(C)n1C. The van der Waals surface area contributed by atoms with Crippen LogP contribution in [0.25, 0.3) is 0 Å². The zero-order chi connectivity index (χ0) is 15.4. The molecule has 1 atom stereocenters.